The zero-order valence-corrected chi connectivity index (χ0v) is 27.4. The number of fused-ring (bicyclic) bond motifs is 3. The van der Waals surface area contributed by atoms with Crippen molar-refractivity contribution in [3.8, 4) is 0 Å². The Morgan fingerprint density at radius 2 is 1.38 bits per heavy atom. The Kier molecular flexibility index (Phi) is 13.7. The maximum atomic E-state index is 12.7. The second-order valence-corrected chi connectivity index (χ2v) is 14.4. The van der Waals surface area contributed by atoms with Crippen LogP contribution in [0.15, 0.2) is 30.3 Å². The largest absolute Gasteiger partial charge is 0.461 e. The fourth-order valence-corrected chi connectivity index (χ4v) is 6.04. The van der Waals surface area contributed by atoms with E-state index < -0.39 is 5.60 Å². The molecule has 1 aromatic rings. The van der Waals surface area contributed by atoms with Crippen molar-refractivity contribution in [2.45, 2.75) is 91.9 Å². The summed E-state index contributed by atoms with van der Waals surface area (Å²) in [7, 11) is 0. The van der Waals surface area contributed by atoms with Gasteiger partial charge in [0.05, 0.1) is 6.54 Å². The lowest BCUT2D eigenvalue weighted by Crippen LogP contribution is -2.49. The molecule has 0 amide bonds. The first kappa shape index (κ1) is 34.5. The van der Waals surface area contributed by atoms with Crippen molar-refractivity contribution < 1.29 is 19.1 Å². The summed E-state index contributed by atoms with van der Waals surface area (Å²) in [4.78, 5) is 35.4. The zero-order valence-electron chi connectivity index (χ0n) is 27.4. The average Bonchev–Trinajstić information content (AvgIpc) is 2.91. The summed E-state index contributed by atoms with van der Waals surface area (Å²) < 4.78 is 11.2. The van der Waals surface area contributed by atoms with Crippen LogP contribution in [0.1, 0.15) is 79.2 Å². The fourth-order valence-electron chi connectivity index (χ4n) is 6.04. The van der Waals surface area contributed by atoms with Gasteiger partial charge in [-0.1, -0.05) is 51.1 Å². The van der Waals surface area contributed by atoms with Gasteiger partial charge in [0.1, 0.15) is 12.2 Å². The average molecular weight is 587 g/mol. The summed E-state index contributed by atoms with van der Waals surface area (Å²) in [5, 5.41) is 0. The Hall–Kier alpha value is -2.00. The van der Waals surface area contributed by atoms with Gasteiger partial charge in [0.2, 0.25) is 0 Å². The molecule has 2 saturated heterocycles. The first-order valence-corrected chi connectivity index (χ1v) is 16.2. The molecule has 0 spiro atoms. The molecule has 2 bridgehead atoms. The second-order valence-electron chi connectivity index (χ2n) is 14.4. The van der Waals surface area contributed by atoms with E-state index in [4.69, 9.17) is 9.47 Å². The minimum atomic E-state index is -0.451. The molecule has 3 unspecified atom stereocenters. The van der Waals surface area contributed by atoms with E-state index in [1.807, 2.05) is 51.1 Å². The number of esters is 2. The van der Waals surface area contributed by atoms with Gasteiger partial charge in [-0.2, -0.15) is 0 Å². The molecule has 3 rings (SSSR count). The molecule has 238 valence electrons. The topological polar surface area (TPSA) is 65.6 Å². The molecule has 0 radical (unpaired) electrons. The SMILES string of the molecule is CC(C)(C)CC(CCC(=O)OCc1ccccc1)N1CCCN2CCN(CCCN(CC(=O)OC(C)(C)C)CC2)CC1. The van der Waals surface area contributed by atoms with Crippen LogP contribution in [-0.4, -0.2) is 115 Å². The van der Waals surface area contributed by atoms with Crippen LogP contribution in [-0.2, 0) is 25.7 Å². The number of nitrogens with zero attached hydrogens (tertiary/aromatic N) is 4. The van der Waals surface area contributed by atoms with Gasteiger partial charge in [-0.15, -0.1) is 0 Å². The monoisotopic (exact) mass is 586 g/mol. The van der Waals surface area contributed by atoms with Crippen LogP contribution in [0.4, 0.5) is 0 Å². The molecule has 8 nitrogen and oxygen atoms in total. The highest BCUT2D eigenvalue weighted by atomic mass is 16.6. The van der Waals surface area contributed by atoms with E-state index in [1.54, 1.807) is 0 Å². The Bertz CT molecular complexity index is 943. The molecule has 2 fully saturated rings. The molecule has 2 heterocycles. The van der Waals surface area contributed by atoms with Gasteiger partial charge < -0.3 is 19.3 Å². The summed E-state index contributed by atoms with van der Waals surface area (Å²) in [6.45, 7) is 23.5. The van der Waals surface area contributed by atoms with Crippen LogP contribution in [0.25, 0.3) is 0 Å². The Balaban J connectivity index is 1.59. The maximum absolute atomic E-state index is 12.7. The van der Waals surface area contributed by atoms with Gasteiger partial charge in [0, 0.05) is 58.3 Å². The number of hydrogen-bond donors (Lipinski definition) is 0. The van der Waals surface area contributed by atoms with Gasteiger partial charge in [-0.3, -0.25) is 19.4 Å². The van der Waals surface area contributed by atoms with Gasteiger partial charge in [0.15, 0.2) is 0 Å². The van der Waals surface area contributed by atoms with Crippen LogP contribution in [0.2, 0.25) is 0 Å². The summed E-state index contributed by atoms with van der Waals surface area (Å²) in [6, 6.07) is 10.3. The van der Waals surface area contributed by atoms with Crippen molar-refractivity contribution in [3.05, 3.63) is 35.9 Å². The van der Waals surface area contributed by atoms with Crippen molar-refractivity contribution in [3.63, 3.8) is 0 Å². The van der Waals surface area contributed by atoms with Gasteiger partial charge in [-0.25, -0.2) is 0 Å². The third kappa shape index (κ3) is 14.0. The van der Waals surface area contributed by atoms with E-state index in [-0.39, 0.29) is 17.4 Å². The number of ether oxygens (including phenoxy) is 2. The Labute approximate surface area is 255 Å². The molecule has 2 aliphatic heterocycles. The van der Waals surface area contributed by atoms with E-state index in [1.165, 1.54) is 0 Å². The molecule has 42 heavy (non-hydrogen) atoms. The fraction of sp³-hybridized carbons (Fsp3) is 0.765. The predicted molar refractivity (Wildman–Crippen MR) is 169 cm³/mol. The highest BCUT2D eigenvalue weighted by Crippen LogP contribution is 2.27. The van der Waals surface area contributed by atoms with E-state index in [0.29, 0.717) is 25.6 Å². The number of hydrogen-bond acceptors (Lipinski definition) is 8. The van der Waals surface area contributed by atoms with Crippen molar-refractivity contribution in [1.29, 1.82) is 0 Å². The Morgan fingerprint density at radius 3 is 2.02 bits per heavy atom. The normalized spacial score (nSPS) is 22.7. The molecular formula is C34H58N4O4. The number of rotatable bonds is 9. The first-order valence-electron chi connectivity index (χ1n) is 16.2. The van der Waals surface area contributed by atoms with E-state index >= 15 is 0 Å². The minimum absolute atomic E-state index is 0.107. The molecule has 8 heteroatoms. The van der Waals surface area contributed by atoms with E-state index in [0.717, 1.165) is 96.7 Å². The molecule has 0 aliphatic carbocycles. The highest BCUT2D eigenvalue weighted by Gasteiger charge is 2.27. The number of benzene rings is 1. The summed E-state index contributed by atoms with van der Waals surface area (Å²) >= 11 is 0. The molecule has 1 aromatic carbocycles. The zero-order chi connectivity index (χ0) is 30.6. The lowest BCUT2D eigenvalue weighted by Gasteiger charge is -2.39. The predicted octanol–water partition coefficient (Wildman–Crippen LogP) is 4.67. The van der Waals surface area contributed by atoms with Crippen LogP contribution >= 0.6 is 0 Å². The van der Waals surface area contributed by atoms with Crippen molar-refractivity contribution in [2.24, 2.45) is 5.41 Å². The maximum Gasteiger partial charge on any atom is 0.320 e. The highest BCUT2D eigenvalue weighted by molar-refractivity contribution is 5.72. The molecule has 3 atom stereocenters. The molecule has 0 aromatic heterocycles. The quantitative estimate of drug-likeness (QED) is 0.387. The molecule has 0 N–H and O–H groups in total. The second kappa shape index (κ2) is 16.7. The smallest absolute Gasteiger partial charge is 0.320 e. The van der Waals surface area contributed by atoms with E-state index in [2.05, 4.69) is 40.4 Å². The standard InChI is InChI=1S/C34H58N4O4/c1-33(2,3)26-30(14-15-31(39)41-28-29-12-8-7-9-13-29)38-19-11-17-35-20-21-36(24-25-38)16-10-18-37(23-22-35)27-32(40)42-34(4,5)6/h7-9,12-13,30H,10-11,14-28H2,1-6H3. The number of carbonyl (C=O) groups is 2. The van der Waals surface area contributed by atoms with Crippen molar-refractivity contribution >= 4 is 11.9 Å². The first-order chi connectivity index (χ1) is 19.9. The molecule has 0 saturated carbocycles. The third-order valence-electron chi connectivity index (χ3n) is 8.10. The van der Waals surface area contributed by atoms with Crippen LogP contribution in [0.3, 0.4) is 0 Å². The van der Waals surface area contributed by atoms with Gasteiger partial charge in [-0.05, 0) is 77.1 Å². The lowest BCUT2D eigenvalue weighted by atomic mass is 9.85. The van der Waals surface area contributed by atoms with Crippen molar-refractivity contribution in [2.75, 3.05) is 72.0 Å². The van der Waals surface area contributed by atoms with E-state index in [9.17, 15) is 9.59 Å². The third-order valence-corrected chi connectivity index (χ3v) is 8.10. The van der Waals surface area contributed by atoms with Crippen LogP contribution in [0, 0.1) is 5.41 Å². The van der Waals surface area contributed by atoms with Crippen LogP contribution < -0.4 is 0 Å². The minimum Gasteiger partial charge on any atom is -0.461 e. The lowest BCUT2D eigenvalue weighted by molar-refractivity contribution is -0.156. The van der Waals surface area contributed by atoms with Crippen LogP contribution in [0.5, 0.6) is 0 Å². The summed E-state index contributed by atoms with van der Waals surface area (Å²) in [6.07, 6.45) is 4.48. The molecule has 2 aliphatic rings. The number of carbonyl (C=O) groups excluding carboxylic acids is 2. The van der Waals surface area contributed by atoms with Crippen molar-refractivity contribution in [1.82, 2.24) is 19.6 Å². The summed E-state index contributed by atoms with van der Waals surface area (Å²) in [5.74, 6) is -0.238. The van der Waals surface area contributed by atoms with Gasteiger partial charge >= 0.3 is 11.9 Å². The Morgan fingerprint density at radius 1 is 0.762 bits per heavy atom. The molecular weight excluding hydrogens is 528 g/mol. The van der Waals surface area contributed by atoms with Gasteiger partial charge in [0.25, 0.3) is 0 Å². The summed E-state index contributed by atoms with van der Waals surface area (Å²) in [5.41, 5.74) is 0.754.